The maximum Gasteiger partial charge on any atom is 0.211 e. The maximum atomic E-state index is 10.5. The van der Waals surface area contributed by atoms with E-state index < -0.39 is 0 Å². The summed E-state index contributed by atoms with van der Waals surface area (Å²) in [5.41, 5.74) is 9.46. The van der Waals surface area contributed by atoms with Crippen molar-refractivity contribution in [2.24, 2.45) is 10.7 Å². The van der Waals surface area contributed by atoms with Crippen LogP contribution in [0.5, 0.6) is 0 Å². The smallest absolute Gasteiger partial charge is 0.211 e. The van der Waals surface area contributed by atoms with E-state index in [1.807, 2.05) is 38.1 Å². The SMILES string of the molecule is CC(=Nc1ccc(C)cc1)C(NC=O)=C(C)N. The Bertz CT molecular complexity index is 454. The highest BCUT2D eigenvalue weighted by Crippen LogP contribution is 2.14. The van der Waals surface area contributed by atoms with Gasteiger partial charge in [-0.25, -0.2) is 0 Å². The largest absolute Gasteiger partial charge is 0.401 e. The number of nitrogens with one attached hydrogen (secondary N) is 1. The number of aryl methyl sites for hydroxylation is 1. The van der Waals surface area contributed by atoms with Crippen molar-refractivity contribution < 1.29 is 4.79 Å². The van der Waals surface area contributed by atoms with Gasteiger partial charge in [0.15, 0.2) is 0 Å². The zero-order valence-electron chi connectivity index (χ0n) is 10.3. The zero-order chi connectivity index (χ0) is 12.8. The number of rotatable bonds is 4. The minimum atomic E-state index is 0.533. The summed E-state index contributed by atoms with van der Waals surface area (Å²) in [7, 11) is 0. The number of aliphatic imine (C=N–C) groups is 1. The third-order valence-electron chi connectivity index (χ3n) is 2.29. The van der Waals surface area contributed by atoms with Crippen LogP contribution in [0.2, 0.25) is 0 Å². The number of allylic oxidation sites excluding steroid dienone is 2. The Morgan fingerprint density at radius 1 is 1.29 bits per heavy atom. The van der Waals surface area contributed by atoms with Crippen LogP contribution in [0.25, 0.3) is 0 Å². The summed E-state index contributed by atoms with van der Waals surface area (Å²) in [6.45, 7) is 5.55. The second-order valence-electron chi connectivity index (χ2n) is 3.85. The van der Waals surface area contributed by atoms with Crippen molar-refractivity contribution in [3.8, 4) is 0 Å². The van der Waals surface area contributed by atoms with Gasteiger partial charge in [-0.1, -0.05) is 17.7 Å². The van der Waals surface area contributed by atoms with E-state index in [1.54, 1.807) is 6.92 Å². The van der Waals surface area contributed by atoms with Crippen LogP contribution in [-0.4, -0.2) is 12.1 Å². The lowest BCUT2D eigenvalue weighted by Gasteiger charge is -2.07. The molecule has 0 aliphatic heterocycles. The van der Waals surface area contributed by atoms with Gasteiger partial charge in [-0.15, -0.1) is 0 Å². The number of carbonyl (C=O) groups excluding carboxylic acids is 1. The van der Waals surface area contributed by atoms with Crippen LogP contribution >= 0.6 is 0 Å². The minimum absolute atomic E-state index is 0.533. The summed E-state index contributed by atoms with van der Waals surface area (Å²) in [5, 5.41) is 2.56. The monoisotopic (exact) mass is 231 g/mol. The molecule has 0 aliphatic carbocycles. The van der Waals surface area contributed by atoms with Crippen LogP contribution in [0.4, 0.5) is 5.69 Å². The molecule has 0 radical (unpaired) electrons. The molecule has 0 fully saturated rings. The van der Waals surface area contributed by atoms with Crippen LogP contribution in [-0.2, 0) is 4.79 Å². The molecule has 0 bridgehead atoms. The Morgan fingerprint density at radius 2 is 1.88 bits per heavy atom. The maximum absolute atomic E-state index is 10.5. The van der Waals surface area contributed by atoms with Gasteiger partial charge in [0.1, 0.15) is 0 Å². The normalized spacial score (nSPS) is 13.0. The fourth-order valence-electron chi connectivity index (χ4n) is 1.43. The van der Waals surface area contributed by atoms with Gasteiger partial charge in [0.25, 0.3) is 0 Å². The van der Waals surface area contributed by atoms with Crippen molar-refractivity contribution >= 4 is 17.8 Å². The molecule has 90 valence electrons. The van der Waals surface area contributed by atoms with E-state index in [0.717, 1.165) is 5.69 Å². The number of amides is 1. The van der Waals surface area contributed by atoms with E-state index in [9.17, 15) is 4.79 Å². The third kappa shape index (κ3) is 3.75. The molecule has 0 saturated carbocycles. The first-order chi connectivity index (χ1) is 8.04. The van der Waals surface area contributed by atoms with Crippen LogP contribution in [0.15, 0.2) is 40.7 Å². The van der Waals surface area contributed by atoms with E-state index >= 15 is 0 Å². The molecule has 0 atom stereocenters. The van der Waals surface area contributed by atoms with E-state index in [-0.39, 0.29) is 0 Å². The molecule has 0 unspecified atom stereocenters. The van der Waals surface area contributed by atoms with Gasteiger partial charge in [-0.05, 0) is 32.9 Å². The lowest BCUT2D eigenvalue weighted by molar-refractivity contribution is -0.108. The molecule has 1 amide bonds. The van der Waals surface area contributed by atoms with Crippen molar-refractivity contribution in [2.75, 3.05) is 0 Å². The molecular weight excluding hydrogens is 214 g/mol. The Balaban J connectivity index is 3.02. The molecule has 0 heterocycles. The van der Waals surface area contributed by atoms with Gasteiger partial charge in [0.05, 0.1) is 17.1 Å². The van der Waals surface area contributed by atoms with E-state index in [2.05, 4.69) is 10.3 Å². The number of hydrogen-bond donors (Lipinski definition) is 2. The van der Waals surface area contributed by atoms with Gasteiger partial charge in [-0.2, -0.15) is 0 Å². The minimum Gasteiger partial charge on any atom is -0.401 e. The molecule has 0 spiro atoms. The lowest BCUT2D eigenvalue weighted by atomic mass is 10.2. The first-order valence-electron chi connectivity index (χ1n) is 5.33. The third-order valence-corrected chi connectivity index (χ3v) is 2.29. The van der Waals surface area contributed by atoms with Crippen LogP contribution < -0.4 is 11.1 Å². The summed E-state index contributed by atoms with van der Waals surface area (Å²) >= 11 is 0. The van der Waals surface area contributed by atoms with Gasteiger partial charge < -0.3 is 11.1 Å². The molecule has 3 N–H and O–H groups in total. The van der Waals surface area contributed by atoms with Crippen molar-refractivity contribution in [2.45, 2.75) is 20.8 Å². The molecule has 1 aromatic rings. The zero-order valence-corrected chi connectivity index (χ0v) is 10.3. The molecule has 17 heavy (non-hydrogen) atoms. The van der Waals surface area contributed by atoms with Crippen molar-refractivity contribution in [1.29, 1.82) is 0 Å². The Kier molecular flexibility index (Phi) is 4.46. The number of nitrogens with two attached hydrogens (primary N) is 1. The Morgan fingerprint density at radius 3 is 2.35 bits per heavy atom. The van der Waals surface area contributed by atoms with Crippen molar-refractivity contribution in [3.05, 3.63) is 41.2 Å². The topological polar surface area (TPSA) is 67.5 Å². The van der Waals surface area contributed by atoms with Crippen molar-refractivity contribution in [1.82, 2.24) is 5.32 Å². The molecular formula is C13H17N3O. The summed E-state index contributed by atoms with van der Waals surface area (Å²) in [5.74, 6) is 0. The number of hydrogen-bond acceptors (Lipinski definition) is 3. The van der Waals surface area contributed by atoms with Crippen molar-refractivity contribution in [3.63, 3.8) is 0 Å². The molecule has 0 saturated heterocycles. The van der Waals surface area contributed by atoms with Crippen LogP contribution in [0.3, 0.4) is 0 Å². The first-order valence-corrected chi connectivity index (χ1v) is 5.33. The average Bonchev–Trinajstić information content (AvgIpc) is 2.28. The molecule has 0 aromatic heterocycles. The quantitative estimate of drug-likeness (QED) is 0.615. The summed E-state index contributed by atoms with van der Waals surface area (Å²) in [4.78, 5) is 14.9. The fraction of sp³-hybridized carbons (Fsp3) is 0.231. The van der Waals surface area contributed by atoms with E-state index in [4.69, 9.17) is 5.73 Å². The predicted molar refractivity (Wildman–Crippen MR) is 70.0 cm³/mol. The average molecular weight is 231 g/mol. The molecule has 1 aromatic carbocycles. The number of carbonyl (C=O) groups is 1. The van der Waals surface area contributed by atoms with E-state index in [1.165, 1.54) is 5.56 Å². The van der Waals surface area contributed by atoms with Gasteiger partial charge in [0, 0.05) is 5.70 Å². The van der Waals surface area contributed by atoms with Gasteiger partial charge in [0.2, 0.25) is 6.41 Å². The highest BCUT2D eigenvalue weighted by atomic mass is 16.1. The number of nitrogens with zero attached hydrogens (tertiary/aromatic N) is 1. The molecule has 4 nitrogen and oxygen atoms in total. The molecule has 4 heteroatoms. The lowest BCUT2D eigenvalue weighted by Crippen LogP contribution is -2.21. The second kappa shape index (κ2) is 5.84. The van der Waals surface area contributed by atoms with E-state index in [0.29, 0.717) is 23.5 Å². The number of benzene rings is 1. The Hall–Kier alpha value is -2.10. The molecule has 0 aliphatic rings. The Labute approximate surface area is 101 Å². The fourth-order valence-corrected chi connectivity index (χ4v) is 1.43. The summed E-state index contributed by atoms with van der Waals surface area (Å²) in [6.07, 6.45) is 0.597. The second-order valence-corrected chi connectivity index (χ2v) is 3.85. The van der Waals surface area contributed by atoms with Gasteiger partial charge >= 0.3 is 0 Å². The highest BCUT2D eigenvalue weighted by Gasteiger charge is 2.03. The molecule has 1 rings (SSSR count). The standard InChI is InChI=1S/C13H17N3O/c1-9-4-6-12(7-5-9)16-11(3)13(10(2)14)15-8-17/h4-8H,14H2,1-3H3,(H,15,17). The highest BCUT2D eigenvalue weighted by molar-refractivity contribution is 6.01. The summed E-state index contributed by atoms with van der Waals surface area (Å²) < 4.78 is 0. The van der Waals surface area contributed by atoms with Gasteiger partial charge in [-0.3, -0.25) is 9.79 Å². The first kappa shape index (κ1) is 13.0. The van der Waals surface area contributed by atoms with Crippen LogP contribution in [0.1, 0.15) is 19.4 Å². The van der Waals surface area contributed by atoms with Crippen LogP contribution in [0, 0.1) is 6.92 Å². The predicted octanol–water partition coefficient (Wildman–Crippen LogP) is 2.02. The summed E-state index contributed by atoms with van der Waals surface area (Å²) in [6, 6.07) is 7.81.